The highest BCUT2D eigenvalue weighted by molar-refractivity contribution is 9.10. The Balaban J connectivity index is 2.41. The number of carboxylic acid groups (broad SMARTS) is 1. The standard InChI is InChI=1S/C14H19BrO3/c1-10-9-11(15)5-6-12(10)18-8-4-7-14(2,3)13(16)17/h5-6,9H,4,7-8H2,1-3H3,(H,16,17). The van der Waals surface area contributed by atoms with Crippen LogP contribution in [0.25, 0.3) is 0 Å². The first-order valence-electron chi connectivity index (χ1n) is 5.95. The molecule has 1 aromatic rings. The van der Waals surface area contributed by atoms with Crippen molar-refractivity contribution in [2.75, 3.05) is 6.61 Å². The summed E-state index contributed by atoms with van der Waals surface area (Å²) in [4.78, 5) is 10.9. The van der Waals surface area contributed by atoms with Gasteiger partial charge in [0.05, 0.1) is 12.0 Å². The van der Waals surface area contributed by atoms with Gasteiger partial charge in [0.2, 0.25) is 0 Å². The molecule has 0 aliphatic carbocycles. The van der Waals surface area contributed by atoms with E-state index in [9.17, 15) is 4.79 Å². The maximum absolute atomic E-state index is 10.9. The van der Waals surface area contributed by atoms with Crippen LogP contribution in [0.3, 0.4) is 0 Å². The van der Waals surface area contributed by atoms with E-state index < -0.39 is 11.4 Å². The molecular formula is C14H19BrO3. The molecule has 1 rings (SSSR count). The topological polar surface area (TPSA) is 46.5 Å². The fourth-order valence-electron chi connectivity index (χ4n) is 1.58. The van der Waals surface area contributed by atoms with Crippen LogP contribution in [-0.4, -0.2) is 17.7 Å². The van der Waals surface area contributed by atoms with E-state index in [-0.39, 0.29) is 0 Å². The monoisotopic (exact) mass is 314 g/mol. The highest BCUT2D eigenvalue weighted by Crippen LogP contribution is 2.24. The van der Waals surface area contributed by atoms with Crippen LogP contribution in [0.5, 0.6) is 5.75 Å². The Hall–Kier alpha value is -1.03. The molecule has 3 nitrogen and oxygen atoms in total. The van der Waals surface area contributed by atoms with Crippen LogP contribution in [0.4, 0.5) is 0 Å². The van der Waals surface area contributed by atoms with E-state index in [4.69, 9.17) is 9.84 Å². The van der Waals surface area contributed by atoms with Crippen LogP contribution in [0.1, 0.15) is 32.3 Å². The van der Waals surface area contributed by atoms with Gasteiger partial charge in [-0.2, -0.15) is 0 Å². The predicted octanol–water partition coefficient (Wildman–Crippen LogP) is 4.03. The first kappa shape index (κ1) is 15.0. The zero-order valence-electron chi connectivity index (χ0n) is 11.0. The van der Waals surface area contributed by atoms with Gasteiger partial charge in [-0.1, -0.05) is 15.9 Å². The first-order chi connectivity index (χ1) is 8.33. The number of ether oxygens (including phenoxy) is 1. The number of aryl methyl sites for hydroxylation is 1. The Morgan fingerprint density at radius 1 is 1.44 bits per heavy atom. The molecule has 0 bridgehead atoms. The normalized spacial score (nSPS) is 11.3. The fourth-order valence-corrected chi connectivity index (χ4v) is 2.05. The van der Waals surface area contributed by atoms with Gasteiger partial charge in [0.1, 0.15) is 5.75 Å². The first-order valence-corrected chi connectivity index (χ1v) is 6.74. The minimum atomic E-state index is -0.762. The molecule has 0 unspecified atom stereocenters. The average molecular weight is 315 g/mol. The lowest BCUT2D eigenvalue weighted by atomic mass is 9.88. The van der Waals surface area contributed by atoms with E-state index >= 15 is 0 Å². The SMILES string of the molecule is Cc1cc(Br)ccc1OCCCC(C)(C)C(=O)O. The zero-order valence-corrected chi connectivity index (χ0v) is 12.6. The van der Waals surface area contributed by atoms with Gasteiger partial charge in [0.25, 0.3) is 0 Å². The lowest BCUT2D eigenvalue weighted by molar-refractivity contribution is -0.147. The summed E-state index contributed by atoms with van der Waals surface area (Å²) in [5, 5.41) is 8.99. The number of carbonyl (C=O) groups is 1. The Morgan fingerprint density at radius 2 is 2.11 bits per heavy atom. The van der Waals surface area contributed by atoms with Gasteiger partial charge in [0.15, 0.2) is 0 Å². The molecule has 0 aliphatic rings. The van der Waals surface area contributed by atoms with Crippen molar-refractivity contribution in [3.63, 3.8) is 0 Å². The van der Waals surface area contributed by atoms with Gasteiger partial charge in [-0.15, -0.1) is 0 Å². The third-order valence-electron chi connectivity index (χ3n) is 2.92. The van der Waals surface area contributed by atoms with Crippen molar-refractivity contribution >= 4 is 21.9 Å². The summed E-state index contributed by atoms with van der Waals surface area (Å²) in [6.07, 6.45) is 1.34. The van der Waals surface area contributed by atoms with Crippen LogP contribution in [0.15, 0.2) is 22.7 Å². The molecule has 0 amide bonds. The molecule has 0 spiro atoms. The van der Waals surface area contributed by atoms with E-state index in [1.165, 1.54) is 0 Å². The molecule has 4 heteroatoms. The van der Waals surface area contributed by atoms with Crippen molar-refractivity contribution in [1.29, 1.82) is 0 Å². The Bertz CT molecular complexity index is 427. The minimum absolute atomic E-state index is 0.541. The van der Waals surface area contributed by atoms with Gasteiger partial charge >= 0.3 is 5.97 Å². The maximum atomic E-state index is 10.9. The molecule has 0 aromatic heterocycles. The fraction of sp³-hybridized carbons (Fsp3) is 0.500. The van der Waals surface area contributed by atoms with E-state index in [1.54, 1.807) is 13.8 Å². The average Bonchev–Trinajstić information content (AvgIpc) is 2.26. The third kappa shape index (κ3) is 4.33. The number of benzene rings is 1. The molecule has 100 valence electrons. The molecule has 0 fully saturated rings. The quantitative estimate of drug-likeness (QED) is 0.806. The van der Waals surface area contributed by atoms with Crippen molar-refractivity contribution in [2.24, 2.45) is 5.41 Å². The van der Waals surface area contributed by atoms with Crippen LogP contribution in [0.2, 0.25) is 0 Å². The summed E-state index contributed by atoms with van der Waals surface area (Å²) in [6, 6.07) is 5.85. The van der Waals surface area contributed by atoms with Crippen LogP contribution < -0.4 is 4.74 Å². The van der Waals surface area contributed by atoms with E-state index in [0.717, 1.165) is 22.2 Å². The lowest BCUT2D eigenvalue weighted by Crippen LogP contribution is -2.24. The predicted molar refractivity (Wildman–Crippen MR) is 75.0 cm³/mol. The number of halogens is 1. The minimum Gasteiger partial charge on any atom is -0.493 e. The van der Waals surface area contributed by atoms with Crippen molar-refractivity contribution in [1.82, 2.24) is 0 Å². The molecule has 1 aromatic carbocycles. The maximum Gasteiger partial charge on any atom is 0.309 e. The second-order valence-corrected chi connectivity index (χ2v) is 5.97. The highest BCUT2D eigenvalue weighted by atomic mass is 79.9. The van der Waals surface area contributed by atoms with Gasteiger partial charge in [-0.25, -0.2) is 0 Å². The van der Waals surface area contributed by atoms with E-state index in [1.807, 2.05) is 25.1 Å². The number of rotatable bonds is 6. The summed E-state index contributed by atoms with van der Waals surface area (Å²) in [6.45, 7) is 6.00. The zero-order chi connectivity index (χ0) is 13.8. The van der Waals surface area contributed by atoms with Gasteiger partial charge in [0, 0.05) is 4.47 Å². The molecule has 0 radical (unpaired) electrons. The summed E-state index contributed by atoms with van der Waals surface area (Å²) in [7, 11) is 0. The summed E-state index contributed by atoms with van der Waals surface area (Å²) < 4.78 is 6.68. The van der Waals surface area contributed by atoms with Crippen LogP contribution >= 0.6 is 15.9 Å². The van der Waals surface area contributed by atoms with Gasteiger partial charge in [-0.3, -0.25) is 4.79 Å². The van der Waals surface area contributed by atoms with Crippen molar-refractivity contribution in [3.05, 3.63) is 28.2 Å². The van der Waals surface area contributed by atoms with E-state index in [2.05, 4.69) is 15.9 Å². The van der Waals surface area contributed by atoms with Gasteiger partial charge < -0.3 is 9.84 Å². The largest absolute Gasteiger partial charge is 0.493 e. The smallest absolute Gasteiger partial charge is 0.309 e. The molecule has 0 aliphatic heterocycles. The second kappa shape index (κ2) is 6.23. The van der Waals surface area contributed by atoms with Crippen molar-refractivity contribution < 1.29 is 14.6 Å². The van der Waals surface area contributed by atoms with E-state index in [0.29, 0.717) is 13.0 Å². The summed E-state index contributed by atoms with van der Waals surface area (Å²) >= 11 is 3.40. The summed E-state index contributed by atoms with van der Waals surface area (Å²) in [5.41, 5.74) is 0.389. The highest BCUT2D eigenvalue weighted by Gasteiger charge is 2.26. The number of hydrogen-bond acceptors (Lipinski definition) is 2. The van der Waals surface area contributed by atoms with Crippen molar-refractivity contribution in [3.8, 4) is 5.75 Å². The summed E-state index contributed by atoms with van der Waals surface area (Å²) in [5.74, 6) is 0.0913. The van der Waals surface area contributed by atoms with Gasteiger partial charge in [-0.05, 0) is 57.4 Å². The Kier molecular flexibility index (Phi) is 5.20. The molecule has 0 atom stereocenters. The third-order valence-corrected chi connectivity index (χ3v) is 3.41. The Morgan fingerprint density at radius 3 is 2.67 bits per heavy atom. The second-order valence-electron chi connectivity index (χ2n) is 5.05. The molecule has 0 saturated heterocycles. The number of hydrogen-bond donors (Lipinski definition) is 1. The van der Waals surface area contributed by atoms with Crippen LogP contribution in [-0.2, 0) is 4.79 Å². The molecule has 0 saturated carbocycles. The number of aliphatic carboxylic acids is 1. The molecular weight excluding hydrogens is 296 g/mol. The molecule has 18 heavy (non-hydrogen) atoms. The molecule has 0 heterocycles. The van der Waals surface area contributed by atoms with Crippen molar-refractivity contribution in [2.45, 2.75) is 33.6 Å². The Labute approximate surface area is 116 Å². The number of carboxylic acids is 1. The lowest BCUT2D eigenvalue weighted by Gasteiger charge is -2.18. The molecule has 1 N–H and O–H groups in total. The van der Waals surface area contributed by atoms with Crippen LogP contribution in [0, 0.1) is 12.3 Å².